The molecule has 0 bridgehead atoms. The number of nitrogens with one attached hydrogen (secondary N) is 1. The zero-order valence-corrected chi connectivity index (χ0v) is 8.43. The molecule has 0 aliphatic carbocycles. The van der Waals surface area contributed by atoms with Crippen LogP contribution < -0.4 is 5.32 Å². The van der Waals surface area contributed by atoms with Crippen molar-refractivity contribution in [1.82, 2.24) is 5.32 Å². The lowest BCUT2D eigenvalue weighted by Gasteiger charge is -2.13. The summed E-state index contributed by atoms with van der Waals surface area (Å²) in [5.41, 5.74) is 0.955. The monoisotopic (exact) mass is 207 g/mol. The molecule has 1 amide bonds. The number of amides is 1. The first kappa shape index (κ1) is 11.2. The van der Waals surface area contributed by atoms with Gasteiger partial charge in [-0.05, 0) is 12.5 Å². The topological polar surface area (TPSA) is 66.4 Å². The van der Waals surface area contributed by atoms with Crippen LogP contribution in [-0.2, 0) is 9.59 Å². The van der Waals surface area contributed by atoms with Crippen molar-refractivity contribution in [2.75, 3.05) is 0 Å². The lowest BCUT2D eigenvalue weighted by Crippen LogP contribution is -2.28. The Morgan fingerprint density at radius 2 is 1.93 bits per heavy atom. The van der Waals surface area contributed by atoms with E-state index < -0.39 is 18.3 Å². The summed E-state index contributed by atoms with van der Waals surface area (Å²) in [6, 6.07) is 9.22. The molecule has 0 spiro atoms. The van der Waals surface area contributed by atoms with Gasteiger partial charge in [-0.25, -0.2) is 0 Å². The minimum atomic E-state index is -1.12. The molecule has 1 aromatic rings. The van der Waals surface area contributed by atoms with Gasteiger partial charge in [-0.3, -0.25) is 9.59 Å². The van der Waals surface area contributed by atoms with Crippen LogP contribution in [0.4, 0.5) is 0 Å². The summed E-state index contributed by atoms with van der Waals surface area (Å²) in [6.45, 7) is 1.81. The number of carboxylic acids is 1. The minimum absolute atomic E-state index is 0.168. The number of carbonyl (C=O) groups is 2. The molecule has 4 heteroatoms. The Morgan fingerprint density at radius 1 is 1.33 bits per heavy atom. The van der Waals surface area contributed by atoms with Gasteiger partial charge in [0.25, 0.3) is 0 Å². The first-order valence-corrected chi connectivity index (χ1v) is 4.65. The summed E-state index contributed by atoms with van der Waals surface area (Å²) in [5.74, 6) is -1.59. The van der Waals surface area contributed by atoms with Crippen molar-refractivity contribution in [3.8, 4) is 0 Å². The fourth-order valence-corrected chi connectivity index (χ4v) is 1.25. The third kappa shape index (κ3) is 3.81. The van der Waals surface area contributed by atoms with Crippen LogP contribution in [0, 0.1) is 0 Å². The Kier molecular flexibility index (Phi) is 3.85. The zero-order valence-electron chi connectivity index (χ0n) is 8.43. The van der Waals surface area contributed by atoms with Crippen molar-refractivity contribution in [3.05, 3.63) is 35.9 Å². The molecule has 0 unspecified atom stereocenters. The molecule has 1 atom stereocenters. The number of rotatable bonds is 4. The molecule has 0 saturated carbocycles. The lowest BCUT2D eigenvalue weighted by atomic mass is 10.1. The second-order valence-electron chi connectivity index (χ2n) is 3.27. The average molecular weight is 207 g/mol. The van der Waals surface area contributed by atoms with Gasteiger partial charge >= 0.3 is 5.97 Å². The van der Waals surface area contributed by atoms with Crippen molar-refractivity contribution >= 4 is 11.9 Å². The third-order valence-corrected chi connectivity index (χ3v) is 1.99. The van der Waals surface area contributed by atoms with Gasteiger partial charge in [-0.2, -0.15) is 0 Å². The normalized spacial score (nSPS) is 11.8. The van der Waals surface area contributed by atoms with Crippen LogP contribution in [0.2, 0.25) is 0 Å². The molecule has 4 nitrogen and oxygen atoms in total. The van der Waals surface area contributed by atoms with Crippen LogP contribution in [0.5, 0.6) is 0 Å². The maximum Gasteiger partial charge on any atom is 0.312 e. The molecule has 1 rings (SSSR count). The fourth-order valence-electron chi connectivity index (χ4n) is 1.25. The van der Waals surface area contributed by atoms with Gasteiger partial charge < -0.3 is 10.4 Å². The van der Waals surface area contributed by atoms with Crippen molar-refractivity contribution in [3.63, 3.8) is 0 Å². The summed E-state index contributed by atoms with van der Waals surface area (Å²) in [6.07, 6.45) is -0.489. The van der Waals surface area contributed by atoms with E-state index in [9.17, 15) is 9.59 Å². The lowest BCUT2D eigenvalue weighted by molar-refractivity contribution is -0.140. The standard InChI is InChI=1S/C11H13NO3/c1-8(9-5-3-2-4-6-9)12-10(13)7-11(14)15/h2-6,8H,7H2,1H3,(H,12,13)(H,14,15)/t8-/m1/s1. The van der Waals surface area contributed by atoms with E-state index in [1.165, 1.54) is 0 Å². The Hall–Kier alpha value is -1.84. The zero-order chi connectivity index (χ0) is 11.3. The predicted molar refractivity (Wildman–Crippen MR) is 55.3 cm³/mol. The van der Waals surface area contributed by atoms with E-state index in [4.69, 9.17) is 5.11 Å². The van der Waals surface area contributed by atoms with E-state index >= 15 is 0 Å². The first-order chi connectivity index (χ1) is 7.09. The highest BCUT2D eigenvalue weighted by molar-refractivity contribution is 5.93. The van der Waals surface area contributed by atoms with E-state index in [-0.39, 0.29) is 6.04 Å². The van der Waals surface area contributed by atoms with Crippen LogP contribution >= 0.6 is 0 Å². The van der Waals surface area contributed by atoms with Gasteiger partial charge in [-0.15, -0.1) is 0 Å². The molecule has 0 fully saturated rings. The highest BCUT2D eigenvalue weighted by Crippen LogP contribution is 2.10. The van der Waals surface area contributed by atoms with Crippen LogP contribution in [0.3, 0.4) is 0 Å². The molecule has 0 aliphatic rings. The molecular weight excluding hydrogens is 194 g/mol. The van der Waals surface area contributed by atoms with Crippen molar-refractivity contribution in [2.45, 2.75) is 19.4 Å². The van der Waals surface area contributed by atoms with Crippen LogP contribution in [0.25, 0.3) is 0 Å². The molecule has 80 valence electrons. The molecular formula is C11H13NO3. The fraction of sp³-hybridized carbons (Fsp3) is 0.273. The Balaban J connectivity index is 2.53. The maximum atomic E-state index is 11.1. The first-order valence-electron chi connectivity index (χ1n) is 4.65. The van der Waals surface area contributed by atoms with Gasteiger partial charge in [0.1, 0.15) is 6.42 Å². The summed E-state index contributed by atoms with van der Waals surface area (Å²) < 4.78 is 0. The van der Waals surface area contributed by atoms with Crippen molar-refractivity contribution in [1.29, 1.82) is 0 Å². The Bertz CT molecular complexity index is 348. The molecule has 15 heavy (non-hydrogen) atoms. The summed E-state index contributed by atoms with van der Waals surface area (Å²) >= 11 is 0. The quantitative estimate of drug-likeness (QED) is 0.732. The largest absolute Gasteiger partial charge is 0.481 e. The molecule has 0 saturated heterocycles. The smallest absolute Gasteiger partial charge is 0.312 e. The van der Waals surface area contributed by atoms with E-state index in [2.05, 4.69) is 5.32 Å². The van der Waals surface area contributed by atoms with E-state index in [0.29, 0.717) is 0 Å². The molecule has 0 aromatic heterocycles. The predicted octanol–water partition coefficient (Wildman–Crippen LogP) is 1.34. The van der Waals surface area contributed by atoms with Gasteiger partial charge in [0, 0.05) is 0 Å². The van der Waals surface area contributed by atoms with E-state index in [1.807, 2.05) is 37.3 Å². The van der Waals surface area contributed by atoms with Gasteiger partial charge in [0.2, 0.25) is 5.91 Å². The highest BCUT2D eigenvalue weighted by atomic mass is 16.4. The highest BCUT2D eigenvalue weighted by Gasteiger charge is 2.11. The van der Waals surface area contributed by atoms with E-state index in [0.717, 1.165) is 5.56 Å². The molecule has 0 heterocycles. The summed E-state index contributed by atoms with van der Waals surface area (Å²) in [4.78, 5) is 21.4. The van der Waals surface area contributed by atoms with Crippen molar-refractivity contribution < 1.29 is 14.7 Å². The van der Waals surface area contributed by atoms with Gasteiger partial charge in [0.15, 0.2) is 0 Å². The summed E-state index contributed by atoms with van der Waals surface area (Å²) in [7, 11) is 0. The Morgan fingerprint density at radius 3 is 2.47 bits per heavy atom. The summed E-state index contributed by atoms with van der Waals surface area (Å²) in [5, 5.41) is 11.0. The van der Waals surface area contributed by atoms with Crippen LogP contribution in [0.15, 0.2) is 30.3 Å². The minimum Gasteiger partial charge on any atom is -0.481 e. The third-order valence-electron chi connectivity index (χ3n) is 1.99. The SMILES string of the molecule is C[C@@H](NC(=O)CC(=O)O)c1ccccc1. The van der Waals surface area contributed by atoms with E-state index in [1.54, 1.807) is 0 Å². The van der Waals surface area contributed by atoms with Crippen LogP contribution in [0.1, 0.15) is 24.9 Å². The number of benzene rings is 1. The number of carbonyl (C=O) groups excluding carboxylic acids is 1. The second kappa shape index (κ2) is 5.14. The van der Waals surface area contributed by atoms with Gasteiger partial charge in [-0.1, -0.05) is 30.3 Å². The second-order valence-corrected chi connectivity index (χ2v) is 3.27. The number of hydrogen-bond donors (Lipinski definition) is 2. The molecule has 1 aromatic carbocycles. The van der Waals surface area contributed by atoms with Crippen molar-refractivity contribution in [2.24, 2.45) is 0 Å². The Labute approximate surface area is 87.9 Å². The van der Waals surface area contributed by atoms with Gasteiger partial charge in [0.05, 0.1) is 6.04 Å². The molecule has 2 N–H and O–H groups in total. The molecule has 0 radical (unpaired) electrons. The number of carboxylic acid groups (broad SMARTS) is 1. The average Bonchev–Trinajstić information content (AvgIpc) is 2.17. The maximum absolute atomic E-state index is 11.1. The molecule has 0 aliphatic heterocycles. The number of aliphatic carboxylic acids is 1. The van der Waals surface area contributed by atoms with Crippen LogP contribution in [-0.4, -0.2) is 17.0 Å². The number of hydrogen-bond acceptors (Lipinski definition) is 2.